The summed E-state index contributed by atoms with van der Waals surface area (Å²) < 4.78 is 27.2. The molecule has 1 atom stereocenters. The van der Waals surface area contributed by atoms with Crippen LogP contribution in [0.25, 0.3) is 0 Å². The molecule has 1 aliphatic heterocycles. The Morgan fingerprint density at radius 3 is 2.56 bits per heavy atom. The first-order chi connectivity index (χ1) is 8.13. The van der Waals surface area contributed by atoms with Gasteiger partial charge in [-0.25, -0.2) is 0 Å². The second kappa shape index (κ2) is 5.52. The van der Waals surface area contributed by atoms with E-state index in [0.29, 0.717) is 19.3 Å². The average molecular weight is 280 g/mol. The lowest BCUT2D eigenvalue weighted by Gasteiger charge is -2.32. The molecule has 1 rings (SSSR count). The Bertz CT molecular complexity index is 401. The van der Waals surface area contributed by atoms with Gasteiger partial charge in [-0.15, -0.1) is 0 Å². The van der Waals surface area contributed by atoms with E-state index in [-0.39, 0.29) is 13.1 Å². The number of nitrogens with one attached hydrogen (secondary N) is 1. The van der Waals surface area contributed by atoms with Crippen molar-refractivity contribution < 1.29 is 23.4 Å². The van der Waals surface area contributed by atoms with Crippen molar-refractivity contribution in [3.63, 3.8) is 0 Å². The third-order valence-corrected chi connectivity index (χ3v) is 4.30. The van der Waals surface area contributed by atoms with Gasteiger partial charge in [-0.3, -0.25) is 4.79 Å². The van der Waals surface area contributed by atoms with Gasteiger partial charge in [0.15, 0.2) is 0 Å². The van der Waals surface area contributed by atoms with Crippen molar-refractivity contribution in [3.8, 4) is 0 Å². The van der Waals surface area contributed by atoms with E-state index in [1.807, 2.05) is 0 Å². The van der Waals surface area contributed by atoms with E-state index in [4.69, 9.17) is 5.11 Å². The monoisotopic (exact) mass is 280 g/mol. The molecule has 18 heavy (non-hydrogen) atoms. The van der Waals surface area contributed by atoms with Crippen LogP contribution in [0, 0.1) is 0 Å². The summed E-state index contributed by atoms with van der Waals surface area (Å²) in [7, 11) is -3.87. The van der Waals surface area contributed by atoms with Crippen LogP contribution < -0.4 is 4.72 Å². The van der Waals surface area contributed by atoms with E-state index in [2.05, 4.69) is 4.72 Å². The van der Waals surface area contributed by atoms with Crippen molar-refractivity contribution in [2.24, 2.45) is 0 Å². The fraction of sp³-hybridized carbons (Fsp3) is 0.900. The Morgan fingerprint density at radius 1 is 1.44 bits per heavy atom. The molecule has 0 saturated carbocycles. The largest absolute Gasteiger partial charge is 0.480 e. The molecule has 0 aromatic carbocycles. The first-order valence-corrected chi connectivity index (χ1v) is 7.29. The molecule has 1 aliphatic rings. The Balaban J connectivity index is 2.78. The molecule has 1 fully saturated rings. The molecule has 0 radical (unpaired) electrons. The third kappa shape index (κ3) is 4.20. The maximum absolute atomic E-state index is 12.0. The van der Waals surface area contributed by atoms with Crippen LogP contribution in [-0.2, 0) is 15.0 Å². The highest BCUT2D eigenvalue weighted by Crippen LogP contribution is 2.20. The van der Waals surface area contributed by atoms with Crippen LogP contribution in [0.4, 0.5) is 0 Å². The van der Waals surface area contributed by atoms with Crippen molar-refractivity contribution >= 4 is 16.2 Å². The van der Waals surface area contributed by atoms with Crippen LogP contribution in [0.2, 0.25) is 0 Å². The zero-order valence-corrected chi connectivity index (χ0v) is 11.4. The number of carbonyl (C=O) groups is 1. The number of hydrogen-bond acceptors (Lipinski definition) is 4. The molecule has 0 aliphatic carbocycles. The summed E-state index contributed by atoms with van der Waals surface area (Å²) in [4.78, 5) is 11.0. The van der Waals surface area contributed by atoms with Crippen LogP contribution in [0.5, 0.6) is 0 Å². The summed E-state index contributed by atoms with van der Waals surface area (Å²) in [5, 5.41) is 18.5. The second-order valence-electron chi connectivity index (χ2n) is 5.10. The summed E-state index contributed by atoms with van der Waals surface area (Å²) in [6.45, 7) is 2.98. The molecule has 1 heterocycles. The lowest BCUT2D eigenvalue weighted by molar-refractivity contribution is -0.142. The summed E-state index contributed by atoms with van der Waals surface area (Å²) in [5.74, 6) is -1.14. The van der Waals surface area contributed by atoms with Gasteiger partial charge in [0, 0.05) is 13.1 Å². The lowest BCUT2D eigenvalue weighted by Crippen LogP contribution is -2.53. The zero-order chi connectivity index (χ0) is 14.0. The van der Waals surface area contributed by atoms with Gasteiger partial charge in [0.05, 0.1) is 5.60 Å². The Hall–Kier alpha value is -0.700. The maximum Gasteiger partial charge on any atom is 0.322 e. The van der Waals surface area contributed by atoms with Crippen LogP contribution in [0.1, 0.15) is 33.1 Å². The summed E-state index contributed by atoms with van der Waals surface area (Å²) >= 11 is 0. The molecular weight excluding hydrogens is 260 g/mol. The summed E-state index contributed by atoms with van der Waals surface area (Å²) in [6.07, 6.45) is 1.67. The number of hydrogen-bond donors (Lipinski definition) is 3. The first kappa shape index (κ1) is 15.4. The van der Waals surface area contributed by atoms with Crippen LogP contribution >= 0.6 is 0 Å². The van der Waals surface area contributed by atoms with Gasteiger partial charge in [-0.2, -0.15) is 17.4 Å². The van der Waals surface area contributed by atoms with Gasteiger partial charge in [-0.1, -0.05) is 0 Å². The molecule has 0 aromatic heterocycles. The van der Waals surface area contributed by atoms with Gasteiger partial charge in [0.25, 0.3) is 10.2 Å². The van der Waals surface area contributed by atoms with Gasteiger partial charge in [0.2, 0.25) is 0 Å². The third-order valence-electron chi connectivity index (χ3n) is 2.73. The number of rotatable bonds is 5. The van der Waals surface area contributed by atoms with Gasteiger partial charge in [-0.05, 0) is 33.1 Å². The number of aliphatic carboxylic acids is 1. The summed E-state index contributed by atoms with van der Waals surface area (Å²) in [5.41, 5.74) is -1.18. The van der Waals surface area contributed by atoms with Gasteiger partial charge >= 0.3 is 5.97 Å². The van der Waals surface area contributed by atoms with Crippen molar-refractivity contribution in [1.29, 1.82) is 0 Å². The molecule has 106 valence electrons. The highest BCUT2D eigenvalue weighted by atomic mass is 32.2. The molecule has 1 unspecified atom stereocenters. The normalized spacial score (nSPS) is 22.9. The smallest absolute Gasteiger partial charge is 0.322 e. The number of nitrogens with zero attached hydrogens (tertiary/aromatic N) is 1. The Labute approximate surface area is 107 Å². The van der Waals surface area contributed by atoms with E-state index >= 15 is 0 Å². The quantitative estimate of drug-likeness (QED) is 0.631. The zero-order valence-electron chi connectivity index (χ0n) is 10.6. The highest BCUT2D eigenvalue weighted by molar-refractivity contribution is 7.87. The molecule has 8 heteroatoms. The fourth-order valence-electron chi connectivity index (χ4n) is 1.79. The average Bonchev–Trinajstić information content (AvgIpc) is 2.26. The van der Waals surface area contributed by atoms with Crippen molar-refractivity contribution in [2.75, 3.05) is 13.1 Å². The number of carboxylic acids is 1. The predicted octanol–water partition coefficient (Wildman–Crippen LogP) is -0.469. The molecular formula is C10H20N2O5S. The molecule has 0 spiro atoms. The minimum Gasteiger partial charge on any atom is -0.480 e. The minimum atomic E-state index is -3.87. The van der Waals surface area contributed by atoms with Gasteiger partial charge < -0.3 is 10.2 Å². The topological polar surface area (TPSA) is 107 Å². The van der Waals surface area contributed by atoms with E-state index in [1.54, 1.807) is 0 Å². The molecule has 0 bridgehead atoms. The van der Waals surface area contributed by atoms with Crippen molar-refractivity contribution in [1.82, 2.24) is 9.03 Å². The number of aliphatic hydroxyl groups is 1. The minimum absolute atomic E-state index is 0.155. The molecule has 1 saturated heterocycles. The second-order valence-corrected chi connectivity index (χ2v) is 6.81. The standard InChI is InChI=1S/C10H20N2O5S/c1-10(2,15)7-11-18(16,17)12-6-4-3-5-8(12)9(13)14/h8,11,15H,3-7H2,1-2H3,(H,13,14). The van der Waals surface area contributed by atoms with Crippen LogP contribution in [0.3, 0.4) is 0 Å². The van der Waals surface area contributed by atoms with E-state index in [1.165, 1.54) is 13.8 Å². The predicted molar refractivity (Wildman–Crippen MR) is 65.2 cm³/mol. The Morgan fingerprint density at radius 2 is 2.06 bits per heavy atom. The fourth-order valence-corrected chi connectivity index (χ4v) is 3.39. The first-order valence-electron chi connectivity index (χ1n) is 5.85. The van der Waals surface area contributed by atoms with Gasteiger partial charge in [0.1, 0.15) is 6.04 Å². The summed E-state index contributed by atoms with van der Waals surface area (Å²) in [6, 6.07) is -1.02. The SMILES string of the molecule is CC(C)(O)CNS(=O)(=O)N1CCCCC1C(=O)O. The lowest BCUT2D eigenvalue weighted by atomic mass is 10.1. The van der Waals surface area contributed by atoms with Crippen LogP contribution in [-0.4, -0.2) is 53.6 Å². The number of piperidine rings is 1. The van der Waals surface area contributed by atoms with Crippen molar-refractivity contribution in [2.45, 2.75) is 44.8 Å². The maximum atomic E-state index is 12.0. The molecule has 0 aromatic rings. The molecule has 0 amide bonds. The van der Waals surface area contributed by atoms with E-state index < -0.39 is 27.8 Å². The van der Waals surface area contributed by atoms with E-state index in [0.717, 1.165) is 4.31 Å². The highest BCUT2D eigenvalue weighted by Gasteiger charge is 2.37. The number of carboxylic acid groups (broad SMARTS) is 1. The molecule has 3 N–H and O–H groups in total. The van der Waals surface area contributed by atoms with E-state index in [9.17, 15) is 18.3 Å². The Kier molecular flexibility index (Phi) is 4.71. The molecule has 7 nitrogen and oxygen atoms in total. The van der Waals surface area contributed by atoms with Crippen LogP contribution in [0.15, 0.2) is 0 Å². The van der Waals surface area contributed by atoms with Crippen molar-refractivity contribution in [3.05, 3.63) is 0 Å².